The van der Waals surface area contributed by atoms with E-state index in [0.717, 1.165) is 0 Å². The molecule has 1 aromatic heterocycles. The zero-order valence-corrected chi connectivity index (χ0v) is 17.8. The van der Waals surface area contributed by atoms with Crippen LogP contribution < -0.4 is 4.18 Å². The van der Waals surface area contributed by atoms with Gasteiger partial charge in [0.05, 0.1) is 18.2 Å². The molecular weight excluding hydrogens is 442 g/mol. The fourth-order valence-corrected chi connectivity index (χ4v) is 4.32. The van der Waals surface area contributed by atoms with E-state index < -0.39 is 21.8 Å². The van der Waals surface area contributed by atoms with Crippen LogP contribution >= 0.6 is 11.6 Å². The van der Waals surface area contributed by atoms with Crippen molar-refractivity contribution in [2.24, 2.45) is 0 Å². The highest BCUT2D eigenvalue weighted by atomic mass is 35.5. The second-order valence-corrected chi connectivity index (χ2v) is 8.57. The van der Waals surface area contributed by atoms with Crippen LogP contribution in [0.4, 0.5) is 0 Å². The number of fused-ring (bicyclic) bond motifs is 1. The first-order chi connectivity index (χ1) is 14.9. The SMILES string of the molecule is COC(=O)c1ccccc1CS(=O)(=O)Oc1ccccc1-c1nc2cc(Cl)ccc2o1. The van der Waals surface area contributed by atoms with Crippen LogP contribution in [0.1, 0.15) is 15.9 Å². The summed E-state index contributed by atoms with van der Waals surface area (Å²) < 4.78 is 41.4. The summed E-state index contributed by atoms with van der Waals surface area (Å²) in [6.45, 7) is 0. The smallest absolute Gasteiger partial charge is 0.338 e. The molecule has 0 unspecified atom stereocenters. The summed E-state index contributed by atoms with van der Waals surface area (Å²) in [7, 11) is -2.89. The molecular formula is C22H16ClNO6S. The van der Waals surface area contributed by atoms with E-state index in [9.17, 15) is 13.2 Å². The molecule has 4 aromatic rings. The zero-order valence-electron chi connectivity index (χ0n) is 16.2. The Hall–Kier alpha value is -3.36. The predicted molar refractivity (Wildman–Crippen MR) is 115 cm³/mol. The molecule has 9 heteroatoms. The minimum atomic E-state index is -4.12. The normalized spacial score (nSPS) is 11.4. The minimum absolute atomic E-state index is 0.0516. The number of ether oxygens (including phenoxy) is 1. The predicted octanol–water partition coefficient (Wildman–Crippen LogP) is 4.84. The number of aromatic nitrogens is 1. The first-order valence-corrected chi connectivity index (χ1v) is 11.1. The molecule has 7 nitrogen and oxygen atoms in total. The van der Waals surface area contributed by atoms with E-state index in [-0.39, 0.29) is 22.8 Å². The summed E-state index contributed by atoms with van der Waals surface area (Å²) in [5, 5.41) is 0.503. The maximum atomic E-state index is 12.8. The highest BCUT2D eigenvalue weighted by Crippen LogP contribution is 2.33. The van der Waals surface area contributed by atoms with Crippen LogP contribution in [-0.4, -0.2) is 26.5 Å². The van der Waals surface area contributed by atoms with Gasteiger partial charge in [0.15, 0.2) is 11.3 Å². The average molecular weight is 458 g/mol. The van der Waals surface area contributed by atoms with Gasteiger partial charge in [-0.05, 0) is 42.0 Å². The highest BCUT2D eigenvalue weighted by Gasteiger charge is 2.22. The number of halogens is 1. The van der Waals surface area contributed by atoms with E-state index in [1.807, 2.05) is 0 Å². The molecule has 0 radical (unpaired) electrons. The Labute approximate surface area is 183 Å². The number of rotatable bonds is 6. The third kappa shape index (κ3) is 4.55. The van der Waals surface area contributed by atoms with Gasteiger partial charge in [0.25, 0.3) is 0 Å². The lowest BCUT2D eigenvalue weighted by Gasteiger charge is -2.11. The fourth-order valence-electron chi connectivity index (χ4n) is 3.04. The number of carbonyl (C=O) groups excluding carboxylic acids is 1. The van der Waals surface area contributed by atoms with Gasteiger partial charge in [-0.1, -0.05) is 41.9 Å². The number of esters is 1. The van der Waals surface area contributed by atoms with Gasteiger partial charge in [0.1, 0.15) is 11.3 Å². The summed E-state index contributed by atoms with van der Waals surface area (Å²) in [4.78, 5) is 16.3. The van der Waals surface area contributed by atoms with Gasteiger partial charge in [0, 0.05) is 5.02 Å². The summed E-state index contributed by atoms with van der Waals surface area (Å²) in [5.74, 6) is -0.902. The van der Waals surface area contributed by atoms with Gasteiger partial charge < -0.3 is 13.3 Å². The molecule has 0 N–H and O–H groups in total. The molecule has 0 aliphatic heterocycles. The topological polar surface area (TPSA) is 95.7 Å². The molecule has 0 saturated heterocycles. The first-order valence-electron chi connectivity index (χ1n) is 9.10. The number of hydrogen-bond donors (Lipinski definition) is 0. The summed E-state index contributed by atoms with van der Waals surface area (Å²) in [5.41, 5.74) is 1.82. The molecule has 0 bridgehead atoms. The molecule has 158 valence electrons. The molecule has 3 aromatic carbocycles. The summed E-state index contributed by atoms with van der Waals surface area (Å²) >= 11 is 6.00. The van der Waals surface area contributed by atoms with E-state index in [4.69, 9.17) is 24.9 Å². The monoisotopic (exact) mass is 457 g/mol. The number of nitrogens with zero attached hydrogens (tertiary/aromatic N) is 1. The Bertz CT molecular complexity index is 1380. The van der Waals surface area contributed by atoms with Crippen molar-refractivity contribution in [1.29, 1.82) is 0 Å². The van der Waals surface area contributed by atoms with Crippen molar-refractivity contribution in [3.8, 4) is 17.2 Å². The van der Waals surface area contributed by atoms with Crippen molar-refractivity contribution >= 4 is 38.8 Å². The van der Waals surface area contributed by atoms with Crippen molar-refractivity contribution in [1.82, 2.24) is 4.98 Å². The Morgan fingerprint density at radius 1 is 1.06 bits per heavy atom. The van der Waals surface area contributed by atoms with Crippen molar-refractivity contribution in [2.45, 2.75) is 5.75 Å². The van der Waals surface area contributed by atoms with Crippen LogP contribution in [0.15, 0.2) is 71.1 Å². The molecule has 0 atom stereocenters. The van der Waals surface area contributed by atoms with Crippen LogP contribution in [0.25, 0.3) is 22.6 Å². The van der Waals surface area contributed by atoms with Gasteiger partial charge in [-0.3, -0.25) is 0 Å². The van der Waals surface area contributed by atoms with Gasteiger partial charge in [-0.25, -0.2) is 9.78 Å². The maximum absolute atomic E-state index is 12.8. The summed E-state index contributed by atoms with van der Waals surface area (Å²) in [6.07, 6.45) is 0. The Morgan fingerprint density at radius 3 is 2.61 bits per heavy atom. The number of methoxy groups -OCH3 is 1. The molecule has 4 rings (SSSR count). The highest BCUT2D eigenvalue weighted by molar-refractivity contribution is 7.86. The van der Waals surface area contributed by atoms with Crippen molar-refractivity contribution in [3.05, 3.63) is 82.9 Å². The molecule has 0 amide bonds. The van der Waals surface area contributed by atoms with Crippen molar-refractivity contribution in [2.75, 3.05) is 7.11 Å². The van der Waals surface area contributed by atoms with Gasteiger partial charge in [-0.2, -0.15) is 8.42 Å². The molecule has 0 fully saturated rings. The maximum Gasteiger partial charge on any atom is 0.338 e. The second-order valence-electron chi connectivity index (χ2n) is 6.56. The van der Waals surface area contributed by atoms with Gasteiger partial charge >= 0.3 is 16.1 Å². The van der Waals surface area contributed by atoms with E-state index >= 15 is 0 Å². The average Bonchev–Trinajstić information content (AvgIpc) is 3.16. The lowest BCUT2D eigenvalue weighted by Crippen LogP contribution is -2.15. The third-order valence-corrected chi connectivity index (χ3v) is 5.77. The first kappa shape index (κ1) is 20.9. The molecule has 0 aliphatic rings. The quantitative estimate of drug-likeness (QED) is 0.302. The third-order valence-electron chi connectivity index (χ3n) is 4.44. The van der Waals surface area contributed by atoms with E-state index in [0.29, 0.717) is 21.7 Å². The van der Waals surface area contributed by atoms with Crippen LogP contribution in [0.5, 0.6) is 5.75 Å². The molecule has 0 spiro atoms. The largest absolute Gasteiger partial charge is 0.465 e. The van der Waals surface area contributed by atoms with Crippen LogP contribution in [0, 0.1) is 0 Å². The van der Waals surface area contributed by atoms with E-state index in [2.05, 4.69) is 4.98 Å². The second kappa shape index (κ2) is 8.41. The molecule has 1 heterocycles. The number of benzene rings is 3. The minimum Gasteiger partial charge on any atom is -0.465 e. The van der Waals surface area contributed by atoms with E-state index in [1.54, 1.807) is 48.5 Å². The van der Waals surface area contributed by atoms with E-state index in [1.165, 1.54) is 25.3 Å². The van der Waals surface area contributed by atoms with Gasteiger partial charge in [0.2, 0.25) is 5.89 Å². The molecule has 0 saturated carbocycles. The lowest BCUT2D eigenvalue weighted by molar-refractivity contribution is 0.0600. The standard InChI is InChI=1S/C22H16ClNO6S/c1-28-22(25)16-7-3-2-6-14(16)13-31(26,27)30-19-9-5-4-8-17(19)21-24-18-12-15(23)10-11-20(18)29-21/h2-12H,13H2,1H3. The lowest BCUT2D eigenvalue weighted by atomic mass is 10.1. The Balaban J connectivity index is 1.66. The number of oxazole rings is 1. The number of para-hydroxylation sites is 1. The number of carbonyl (C=O) groups is 1. The Kier molecular flexibility index (Phi) is 5.67. The van der Waals surface area contributed by atoms with Gasteiger partial charge in [-0.15, -0.1) is 0 Å². The van der Waals surface area contributed by atoms with Crippen LogP contribution in [0.3, 0.4) is 0 Å². The molecule has 0 aliphatic carbocycles. The Morgan fingerprint density at radius 2 is 1.81 bits per heavy atom. The summed E-state index contributed by atoms with van der Waals surface area (Å²) in [6, 6.07) is 17.8. The van der Waals surface area contributed by atoms with Crippen LogP contribution in [-0.2, 0) is 20.6 Å². The van der Waals surface area contributed by atoms with Crippen molar-refractivity contribution in [3.63, 3.8) is 0 Å². The fraction of sp³-hybridized carbons (Fsp3) is 0.0909. The molecule has 31 heavy (non-hydrogen) atoms. The zero-order chi connectivity index (χ0) is 22.0. The number of hydrogen-bond acceptors (Lipinski definition) is 7. The van der Waals surface area contributed by atoms with Crippen molar-refractivity contribution < 1.29 is 26.5 Å². The van der Waals surface area contributed by atoms with Crippen LogP contribution in [0.2, 0.25) is 5.02 Å².